The average Bonchev–Trinajstić information content (AvgIpc) is 2.66. The molecule has 0 heterocycles. The van der Waals surface area contributed by atoms with Crippen molar-refractivity contribution in [2.24, 2.45) is 0 Å². The molecule has 2 aromatic rings. The fourth-order valence-corrected chi connectivity index (χ4v) is 4.15. The second-order valence-corrected chi connectivity index (χ2v) is 7.87. The van der Waals surface area contributed by atoms with Gasteiger partial charge in [0.25, 0.3) is 0 Å². The van der Waals surface area contributed by atoms with Gasteiger partial charge in [-0.2, -0.15) is 17.5 Å². The van der Waals surface area contributed by atoms with Gasteiger partial charge in [0, 0.05) is 24.3 Å². The van der Waals surface area contributed by atoms with E-state index in [1.165, 1.54) is 46.8 Å². The first-order valence-electron chi connectivity index (χ1n) is 8.64. The van der Waals surface area contributed by atoms with Gasteiger partial charge < -0.3 is 5.32 Å². The lowest BCUT2D eigenvalue weighted by atomic mass is 10.1. The fourth-order valence-electron chi connectivity index (χ4n) is 2.69. The van der Waals surface area contributed by atoms with E-state index in [1.54, 1.807) is 13.8 Å². The van der Waals surface area contributed by atoms with Crippen LogP contribution in [0.1, 0.15) is 29.8 Å². The molecule has 152 valence electrons. The smallest absolute Gasteiger partial charge is 0.377 e. The summed E-state index contributed by atoms with van der Waals surface area (Å²) in [5, 5.41) is 2.50. The Hall–Kier alpha value is -2.39. The van der Waals surface area contributed by atoms with Crippen molar-refractivity contribution in [1.82, 2.24) is 4.31 Å². The molecule has 5 nitrogen and oxygen atoms in total. The second-order valence-electron chi connectivity index (χ2n) is 5.93. The predicted molar refractivity (Wildman–Crippen MR) is 101 cm³/mol. The quantitative estimate of drug-likeness (QED) is 0.663. The van der Waals surface area contributed by atoms with Crippen LogP contribution in [-0.2, 0) is 16.2 Å². The third-order valence-corrected chi connectivity index (χ3v) is 6.26. The number of hydrogen-bond donors (Lipinski definition) is 1. The maximum absolute atomic E-state index is 13.0. The normalized spacial score (nSPS) is 12.2. The van der Waals surface area contributed by atoms with Crippen LogP contribution >= 0.6 is 0 Å². The summed E-state index contributed by atoms with van der Waals surface area (Å²) < 4.78 is 65.1. The van der Waals surface area contributed by atoms with Crippen LogP contribution in [0.15, 0.2) is 53.4 Å². The molecule has 9 heteroatoms. The molecule has 0 saturated heterocycles. The first-order chi connectivity index (χ1) is 13.1. The van der Waals surface area contributed by atoms with Gasteiger partial charge in [0.15, 0.2) is 5.78 Å². The van der Waals surface area contributed by atoms with Crippen LogP contribution < -0.4 is 5.32 Å². The first kappa shape index (κ1) is 21.9. The average molecular weight is 414 g/mol. The van der Waals surface area contributed by atoms with Gasteiger partial charge in [-0.15, -0.1) is 0 Å². The summed E-state index contributed by atoms with van der Waals surface area (Å²) >= 11 is 0. The molecule has 0 fully saturated rings. The summed E-state index contributed by atoms with van der Waals surface area (Å²) in [6.07, 6.45) is -4.53. The minimum atomic E-state index is -4.53. The maximum Gasteiger partial charge on any atom is 0.418 e. The van der Waals surface area contributed by atoms with E-state index in [0.717, 1.165) is 6.07 Å². The number of benzene rings is 2. The van der Waals surface area contributed by atoms with Gasteiger partial charge in [-0.25, -0.2) is 8.42 Å². The van der Waals surface area contributed by atoms with Crippen LogP contribution in [-0.4, -0.2) is 38.1 Å². The van der Waals surface area contributed by atoms with Gasteiger partial charge >= 0.3 is 6.18 Å². The topological polar surface area (TPSA) is 66.5 Å². The number of nitrogens with one attached hydrogen (secondary N) is 1. The summed E-state index contributed by atoms with van der Waals surface area (Å²) in [4.78, 5) is 12.3. The summed E-state index contributed by atoms with van der Waals surface area (Å²) in [6.45, 7) is 3.74. The van der Waals surface area contributed by atoms with E-state index >= 15 is 0 Å². The van der Waals surface area contributed by atoms with E-state index in [1.807, 2.05) is 0 Å². The number of sulfonamides is 1. The highest BCUT2D eigenvalue weighted by molar-refractivity contribution is 7.89. The Morgan fingerprint density at radius 3 is 2.11 bits per heavy atom. The maximum atomic E-state index is 13.0. The highest BCUT2D eigenvalue weighted by atomic mass is 32.2. The number of hydrogen-bond acceptors (Lipinski definition) is 4. The lowest BCUT2D eigenvalue weighted by molar-refractivity contribution is -0.136. The van der Waals surface area contributed by atoms with Gasteiger partial charge in [0.2, 0.25) is 10.0 Å². The largest absolute Gasteiger partial charge is 0.418 e. The lowest BCUT2D eigenvalue weighted by Gasteiger charge is -2.18. The Morgan fingerprint density at radius 1 is 1.00 bits per heavy atom. The Kier molecular flexibility index (Phi) is 6.84. The molecule has 0 bridgehead atoms. The van der Waals surface area contributed by atoms with Crippen molar-refractivity contribution in [2.75, 3.05) is 25.0 Å². The molecule has 0 spiro atoms. The number of halogens is 3. The molecule has 0 aromatic heterocycles. The number of Topliss-reactive ketones (excluding diaryl/α,β-unsaturated/α-hetero) is 1. The number of alkyl halides is 3. The number of carbonyl (C=O) groups excluding carboxylic acids is 1. The zero-order valence-electron chi connectivity index (χ0n) is 15.5. The molecule has 0 aliphatic carbocycles. The standard InChI is InChI=1S/C19H21F3N2O3S/c1-3-24(4-2)28(26,27)15-11-9-14(10-12-15)18(25)13-23-17-8-6-5-7-16(17)19(20,21)22/h5-12,23H,3-4,13H2,1-2H3. The molecular weight excluding hydrogens is 393 g/mol. The van der Waals surface area contributed by atoms with Gasteiger partial charge in [-0.1, -0.05) is 26.0 Å². The zero-order valence-corrected chi connectivity index (χ0v) is 16.3. The van der Waals surface area contributed by atoms with E-state index < -0.39 is 27.5 Å². The SMILES string of the molecule is CCN(CC)S(=O)(=O)c1ccc(C(=O)CNc2ccccc2C(F)(F)F)cc1. The summed E-state index contributed by atoms with van der Waals surface area (Å²) in [5.74, 6) is -0.455. The summed E-state index contributed by atoms with van der Waals surface area (Å²) in [7, 11) is -3.64. The van der Waals surface area contributed by atoms with Crippen molar-refractivity contribution in [1.29, 1.82) is 0 Å². The molecule has 2 rings (SSSR count). The molecule has 0 radical (unpaired) electrons. The van der Waals surface area contributed by atoms with Crippen molar-refractivity contribution < 1.29 is 26.4 Å². The molecule has 0 atom stereocenters. The molecule has 0 amide bonds. The second kappa shape index (κ2) is 8.74. The summed E-state index contributed by atoms with van der Waals surface area (Å²) in [6, 6.07) is 10.2. The molecule has 0 saturated carbocycles. The van der Waals surface area contributed by atoms with Crippen molar-refractivity contribution in [3.8, 4) is 0 Å². The van der Waals surface area contributed by atoms with E-state index in [9.17, 15) is 26.4 Å². The van der Waals surface area contributed by atoms with Crippen molar-refractivity contribution in [3.05, 3.63) is 59.7 Å². The molecule has 1 N–H and O–H groups in total. The molecule has 0 aliphatic rings. The Morgan fingerprint density at radius 2 is 1.57 bits per heavy atom. The molecule has 0 unspecified atom stereocenters. The van der Waals surface area contributed by atoms with Gasteiger partial charge in [0.1, 0.15) is 0 Å². The summed E-state index contributed by atoms with van der Waals surface area (Å²) in [5.41, 5.74) is -0.844. The highest BCUT2D eigenvalue weighted by Crippen LogP contribution is 2.34. The van der Waals surface area contributed by atoms with Crippen LogP contribution in [0.3, 0.4) is 0 Å². The minimum absolute atomic E-state index is 0.0585. The van der Waals surface area contributed by atoms with Gasteiger partial charge in [-0.05, 0) is 36.4 Å². The highest BCUT2D eigenvalue weighted by Gasteiger charge is 2.33. The van der Waals surface area contributed by atoms with Crippen LogP contribution in [0.4, 0.5) is 18.9 Å². The zero-order chi connectivity index (χ0) is 20.9. The third kappa shape index (κ3) is 4.90. The fraction of sp³-hybridized carbons (Fsp3) is 0.316. The molecule has 28 heavy (non-hydrogen) atoms. The van der Waals surface area contributed by atoms with E-state index in [-0.39, 0.29) is 22.7 Å². The number of rotatable bonds is 8. The Bertz CT molecular complexity index is 922. The number of ketones is 1. The van der Waals surface area contributed by atoms with Crippen LogP contribution in [0.25, 0.3) is 0 Å². The van der Waals surface area contributed by atoms with Crippen LogP contribution in [0.5, 0.6) is 0 Å². The van der Waals surface area contributed by atoms with Crippen molar-refractivity contribution in [2.45, 2.75) is 24.9 Å². The van der Waals surface area contributed by atoms with Gasteiger partial charge in [-0.3, -0.25) is 4.79 Å². The molecule has 2 aromatic carbocycles. The number of anilines is 1. The molecule has 0 aliphatic heterocycles. The monoisotopic (exact) mass is 414 g/mol. The minimum Gasteiger partial charge on any atom is -0.377 e. The lowest BCUT2D eigenvalue weighted by Crippen LogP contribution is -2.30. The van der Waals surface area contributed by atoms with Crippen LogP contribution in [0.2, 0.25) is 0 Å². The molecular formula is C19H21F3N2O3S. The van der Waals surface area contributed by atoms with Gasteiger partial charge in [0.05, 0.1) is 17.0 Å². The Labute approximate surface area is 162 Å². The number of carbonyl (C=O) groups is 1. The first-order valence-corrected chi connectivity index (χ1v) is 10.1. The number of para-hydroxylation sites is 1. The number of nitrogens with zero attached hydrogens (tertiary/aromatic N) is 1. The van der Waals surface area contributed by atoms with E-state index in [4.69, 9.17) is 0 Å². The van der Waals surface area contributed by atoms with Crippen LogP contribution in [0, 0.1) is 0 Å². The van der Waals surface area contributed by atoms with Crippen molar-refractivity contribution in [3.63, 3.8) is 0 Å². The predicted octanol–water partition coefficient (Wildman–Crippen LogP) is 4.03. The Balaban J connectivity index is 2.13. The van der Waals surface area contributed by atoms with E-state index in [0.29, 0.717) is 13.1 Å². The third-order valence-electron chi connectivity index (χ3n) is 4.19. The van der Waals surface area contributed by atoms with E-state index in [2.05, 4.69) is 5.32 Å². The van der Waals surface area contributed by atoms with Crippen molar-refractivity contribution >= 4 is 21.5 Å².